The maximum atomic E-state index is 11.7. The van der Waals surface area contributed by atoms with E-state index in [1.165, 1.54) is 19.3 Å². The van der Waals surface area contributed by atoms with Gasteiger partial charge in [-0.2, -0.15) is 0 Å². The summed E-state index contributed by atoms with van der Waals surface area (Å²) in [7, 11) is 0. The number of rotatable bonds is 7. The highest BCUT2D eigenvalue weighted by molar-refractivity contribution is 5.84. The molecule has 1 amide bonds. The number of hydrogen-bond acceptors (Lipinski definition) is 3. The van der Waals surface area contributed by atoms with Gasteiger partial charge in [-0.3, -0.25) is 4.79 Å². The SMILES string of the molecule is CCCNC(C)(CN1CCC(CC)CC1)C(N)=O. The van der Waals surface area contributed by atoms with Crippen molar-refractivity contribution in [3.05, 3.63) is 0 Å². The molecule has 0 aromatic carbocycles. The van der Waals surface area contributed by atoms with Crippen molar-refractivity contribution in [3.63, 3.8) is 0 Å². The fourth-order valence-corrected chi connectivity index (χ4v) is 2.62. The Morgan fingerprint density at radius 3 is 2.44 bits per heavy atom. The van der Waals surface area contributed by atoms with Gasteiger partial charge < -0.3 is 16.0 Å². The van der Waals surface area contributed by atoms with Gasteiger partial charge in [0.25, 0.3) is 0 Å². The summed E-state index contributed by atoms with van der Waals surface area (Å²) in [4.78, 5) is 14.0. The van der Waals surface area contributed by atoms with E-state index in [2.05, 4.69) is 24.1 Å². The van der Waals surface area contributed by atoms with Crippen LogP contribution in [0.4, 0.5) is 0 Å². The predicted molar refractivity (Wildman–Crippen MR) is 75.3 cm³/mol. The van der Waals surface area contributed by atoms with E-state index >= 15 is 0 Å². The van der Waals surface area contributed by atoms with Crippen molar-refractivity contribution in [3.8, 4) is 0 Å². The van der Waals surface area contributed by atoms with Crippen LogP contribution in [-0.2, 0) is 4.79 Å². The Morgan fingerprint density at radius 1 is 1.39 bits per heavy atom. The molecule has 0 bridgehead atoms. The summed E-state index contributed by atoms with van der Waals surface area (Å²) in [5, 5.41) is 3.30. The topological polar surface area (TPSA) is 58.4 Å². The number of amides is 1. The number of primary amides is 1. The molecule has 1 atom stereocenters. The first-order valence-electron chi connectivity index (χ1n) is 7.29. The predicted octanol–water partition coefficient (Wildman–Crippen LogP) is 1.35. The van der Waals surface area contributed by atoms with Crippen molar-refractivity contribution in [2.45, 2.75) is 52.0 Å². The minimum atomic E-state index is -0.588. The van der Waals surface area contributed by atoms with Gasteiger partial charge in [0.15, 0.2) is 0 Å². The number of piperidine rings is 1. The fourth-order valence-electron chi connectivity index (χ4n) is 2.62. The first kappa shape index (κ1) is 15.4. The summed E-state index contributed by atoms with van der Waals surface area (Å²) in [6.07, 6.45) is 4.79. The minimum absolute atomic E-state index is 0.242. The molecule has 0 radical (unpaired) electrons. The van der Waals surface area contributed by atoms with E-state index in [-0.39, 0.29) is 5.91 Å². The monoisotopic (exact) mass is 255 g/mol. The van der Waals surface area contributed by atoms with Crippen LogP contribution in [0.2, 0.25) is 0 Å². The van der Waals surface area contributed by atoms with E-state index in [9.17, 15) is 4.79 Å². The van der Waals surface area contributed by atoms with E-state index in [1.807, 2.05) is 6.92 Å². The highest BCUT2D eigenvalue weighted by Gasteiger charge is 2.33. The summed E-state index contributed by atoms with van der Waals surface area (Å²) in [5.74, 6) is 0.623. The van der Waals surface area contributed by atoms with Crippen LogP contribution < -0.4 is 11.1 Å². The quantitative estimate of drug-likeness (QED) is 0.722. The Balaban J connectivity index is 2.49. The molecule has 1 saturated heterocycles. The van der Waals surface area contributed by atoms with Crippen molar-refractivity contribution in [2.75, 3.05) is 26.2 Å². The average Bonchev–Trinajstić information content (AvgIpc) is 2.37. The number of nitrogens with zero attached hydrogens (tertiary/aromatic N) is 1. The molecule has 1 aliphatic heterocycles. The van der Waals surface area contributed by atoms with E-state index in [0.29, 0.717) is 0 Å². The first-order chi connectivity index (χ1) is 8.51. The van der Waals surface area contributed by atoms with Gasteiger partial charge >= 0.3 is 0 Å². The van der Waals surface area contributed by atoms with E-state index in [1.54, 1.807) is 0 Å². The normalized spacial score (nSPS) is 21.7. The zero-order valence-electron chi connectivity index (χ0n) is 12.2. The maximum Gasteiger partial charge on any atom is 0.238 e. The molecule has 0 aromatic rings. The minimum Gasteiger partial charge on any atom is -0.368 e. The molecule has 0 spiro atoms. The first-order valence-corrected chi connectivity index (χ1v) is 7.29. The van der Waals surface area contributed by atoms with Crippen molar-refractivity contribution in [1.82, 2.24) is 10.2 Å². The molecular weight excluding hydrogens is 226 g/mol. The highest BCUT2D eigenvalue weighted by atomic mass is 16.1. The highest BCUT2D eigenvalue weighted by Crippen LogP contribution is 2.21. The third-order valence-electron chi connectivity index (χ3n) is 4.13. The molecule has 3 N–H and O–H groups in total. The van der Waals surface area contributed by atoms with Crippen LogP contribution in [0, 0.1) is 5.92 Å². The molecule has 0 aromatic heterocycles. The Morgan fingerprint density at radius 2 is 2.00 bits per heavy atom. The molecule has 4 nitrogen and oxygen atoms in total. The molecule has 106 valence electrons. The van der Waals surface area contributed by atoms with Crippen LogP contribution in [0.25, 0.3) is 0 Å². The van der Waals surface area contributed by atoms with E-state index in [0.717, 1.165) is 38.5 Å². The maximum absolute atomic E-state index is 11.7. The van der Waals surface area contributed by atoms with Gasteiger partial charge in [-0.1, -0.05) is 20.3 Å². The lowest BCUT2D eigenvalue weighted by molar-refractivity contribution is -0.124. The molecule has 1 rings (SSSR count). The second kappa shape index (κ2) is 7.10. The lowest BCUT2D eigenvalue weighted by Gasteiger charge is -2.38. The van der Waals surface area contributed by atoms with Gasteiger partial charge in [0, 0.05) is 6.54 Å². The zero-order chi connectivity index (χ0) is 13.6. The number of likely N-dealkylation sites (tertiary alicyclic amines) is 1. The van der Waals surface area contributed by atoms with Gasteiger partial charge in [0.2, 0.25) is 5.91 Å². The van der Waals surface area contributed by atoms with Crippen LogP contribution in [0.15, 0.2) is 0 Å². The molecule has 0 saturated carbocycles. The Kier molecular flexibility index (Phi) is 6.09. The van der Waals surface area contributed by atoms with Crippen molar-refractivity contribution >= 4 is 5.91 Å². The summed E-state index contributed by atoms with van der Waals surface area (Å²) in [6, 6.07) is 0. The van der Waals surface area contributed by atoms with E-state index in [4.69, 9.17) is 5.73 Å². The molecule has 4 heteroatoms. The van der Waals surface area contributed by atoms with Crippen LogP contribution in [0.5, 0.6) is 0 Å². The van der Waals surface area contributed by atoms with Crippen LogP contribution in [0.3, 0.4) is 0 Å². The lowest BCUT2D eigenvalue weighted by Crippen LogP contribution is -2.60. The largest absolute Gasteiger partial charge is 0.368 e. The second-order valence-electron chi connectivity index (χ2n) is 5.75. The van der Waals surface area contributed by atoms with Crippen molar-refractivity contribution in [1.29, 1.82) is 0 Å². The summed E-state index contributed by atoms with van der Waals surface area (Å²) in [6.45, 7) is 10.0. The lowest BCUT2D eigenvalue weighted by atomic mass is 9.92. The molecule has 1 unspecified atom stereocenters. The average molecular weight is 255 g/mol. The molecular formula is C14H29N3O. The summed E-state index contributed by atoms with van der Waals surface area (Å²) < 4.78 is 0. The smallest absolute Gasteiger partial charge is 0.238 e. The van der Waals surface area contributed by atoms with Gasteiger partial charge in [-0.05, 0) is 51.7 Å². The molecule has 1 aliphatic rings. The van der Waals surface area contributed by atoms with Gasteiger partial charge in [0.05, 0.1) is 0 Å². The van der Waals surface area contributed by atoms with E-state index < -0.39 is 5.54 Å². The van der Waals surface area contributed by atoms with Crippen molar-refractivity contribution < 1.29 is 4.79 Å². The third-order valence-corrected chi connectivity index (χ3v) is 4.13. The Hall–Kier alpha value is -0.610. The van der Waals surface area contributed by atoms with Crippen LogP contribution >= 0.6 is 0 Å². The number of hydrogen-bond donors (Lipinski definition) is 2. The van der Waals surface area contributed by atoms with Crippen LogP contribution in [0.1, 0.15) is 46.5 Å². The summed E-state index contributed by atoms with van der Waals surface area (Å²) in [5.41, 5.74) is 4.97. The second-order valence-corrected chi connectivity index (χ2v) is 5.75. The Labute approximate surface area is 111 Å². The zero-order valence-corrected chi connectivity index (χ0v) is 12.2. The molecule has 0 aliphatic carbocycles. The molecule has 1 fully saturated rings. The number of nitrogens with one attached hydrogen (secondary N) is 1. The number of nitrogens with two attached hydrogens (primary N) is 1. The molecule has 18 heavy (non-hydrogen) atoms. The standard InChI is InChI=1S/C14H29N3O/c1-4-8-16-14(3,13(15)18)11-17-9-6-12(5-2)7-10-17/h12,16H,4-11H2,1-3H3,(H2,15,18). The third kappa shape index (κ3) is 4.25. The summed E-state index contributed by atoms with van der Waals surface area (Å²) >= 11 is 0. The molecule has 1 heterocycles. The van der Waals surface area contributed by atoms with Gasteiger partial charge in [0.1, 0.15) is 5.54 Å². The number of carbonyl (C=O) groups is 1. The van der Waals surface area contributed by atoms with Crippen LogP contribution in [-0.4, -0.2) is 42.5 Å². The Bertz CT molecular complexity index is 262. The van der Waals surface area contributed by atoms with Gasteiger partial charge in [-0.15, -0.1) is 0 Å². The van der Waals surface area contributed by atoms with Crippen molar-refractivity contribution in [2.24, 2.45) is 11.7 Å². The fraction of sp³-hybridized carbons (Fsp3) is 0.929. The van der Waals surface area contributed by atoms with Gasteiger partial charge in [-0.25, -0.2) is 0 Å². The number of carbonyl (C=O) groups excluding carboxylic acids is 1.